The minimum Gasteiger partial charge on any atom is -0.480 e. The van der Waals surface area contributed by atoms with Crippen LogP contribution in [0.15, 0.2) is 0 Å². The Balaban J connectivity index is 2.48. The van der Waals surface area contributed by atoms with E-state index in [1.54, 1.807) is 0 Å². The van der Waals surface area contributed by atoms with Gasteiger partial charge in [0.25, 0.3) is 0 Å². The summed E-state index contributed by atoms with van der Waals surface area (Å²) in [5, 5.41) is 17.0. The van der Waals surface area contributed by atoms with E-state index < -0.39 is 25.0 Å². The number of rotatable bonds is 6. The summed E-state index contributed by atoms with van der Waals surface area (Å²) >= 11 is 0. The van der Waals surface area contributed by atoms with Crippen LogP contribution in [-0.2, 0) is 14.4 Å². The number of carbonyl (C=O) groups excluding carboxylic acids is 1. The monoisotopic (exact) mass is 215 g/mol. The lowest BCUT2D eigenvalue weighted by molar-refractivity contribution is -0.149. The summed E-state index contributed by atoms with van der Waals surface area (Å²) in [4.78, 5) is 33.1. The van der Waals surface area contributed by atoms with Gasteiger partial charge in [0.15, 0.2) is 0 Å². The average Bonchev–Trinajstić information content (AvgIpc) is 2.85. The zero-order valence-corrected chi connectivity index (χ0v) is 8.18. The van der Waals surface area contributed by atoms with E-state index in [9.17, 15) is 14.4 Å². The third-order valence-electron chi connectivity index (χ3n) is 2.17. The van der Waals surface area contributed by atoms with Gasteiger partial charge < -0.3 is 15.1 Å². The minimum atomic E-state index is -1.19. The zero-order chi connectivity index (χ0) is 11.4. The van der Waals surface area contributed by atoms with Crippen LogP contribution in [0.3, 0.4) is 0 Å². The van der Waals surface area contributed by atoms with Crippen molar-refractivity contribution >= 4 is 17.8 Å². The molecule has 0 saturated heterocycles. The topological polar surface area (TPSA) is 94.9 Å². The maximum Gasteiger partial charge on any atom is 0.323 e. The molecule has 1 amide bonds. The fraction of sp³-hybridized carbons (Fsp3) is 0.667. The van der Waals surface area contributed by atoms with Gasteiger partial charge in [-0.15, -0.1) is 0 Å². The molecule has 1 saturated carbocycles. The molecule has 84 valence electrons. The molecule has 15 heavy (non-hydrogen) atoms. The Hall–Kier alpha value is -1.59. The van der Waals surface area contributed by atoms with Gasteiger partial charge in [0.05, 0.1) is 0 Å². The first-order valence-corrected chi connectivity index (χ1v) is 4.70. The van der Waals surface area contributed by atoms with E-state index in [-0.39, 0.29) is 12.3 Å². The summed E-state index contributed by atoms with van der Waals surface area (Å²) < 4.78 is 0. The van der Waals surface area contributed by atoms with E-state index in [2.05, 4.69) is 0 Å². The molecule has 2 N–H and O–H groups in total. The van der Waals surface area contributed by atoms with Gasteiger partial charge in [0.2, 0.25) is 5.91 Å². The summed E-state index contributed by atoms with van der Waals surface area (Å²) in [5.41, 5.74) is 0. The molecule has 0 atom stereocenters. The Labute approximate surface area is 86.5 Å². The third-order valence-corrected chi connectivity index (χ3v) is 2.17. The van der Waals surface area contributed by atoms with E-state index in [0.717, 1.165) is 17.7 Å². The molecule has 1 rings (SSSR count). The van der Waals surface area contributed by atoms with Crippen LogP contribution in [0.2, 0.25) is 0 Å². The predicted molar refractivity (Wildman–Crippen MR) is 49.2 cm³/mol. The molecule has 1 aliphatic carbocycles. The van der Waals surface area contributed by atoms with Gasteiger partial charge >= 0.3 is 11.9 Å². The summed E-state index contributed by atoms with van der Waals surface area (Å²) in [6, 6.07) is 0. The molecule has 0 spiro atoms. The van der Waals surface area contributed by atoms with Gasteiger partial charge in [0.1, 0.15) is 13.1 Å². The highest BCUT2D eigenvalue weighted by Crippen LogP contribution is 2.32. The van der Waals surface area contributed by atoms with Crippen molar-refractivity contribution in [3.8, 4) is 0 Å². The lowest BCUT2D eigenvalue weighted by atomic mass is 10.2. The lowest BCUT2D eigenvalue weighted by Crippen LogP contribution is -2.39. The second-order valence-electron chi connectivity index (χ2n) is 3.68. The van der Waals surface area contributed by atoms with Crippen molar-refractivity contribution in [2.24, 2.45) is 5.92 Å². The second-order valence-corrected chi connectivity index (χ2v) is 3.68. The fourth-order valence-corrected chi connectivity index (χ4v) is 1.26. The summed E-state index contributed by atoms with van der Waals surface area (Å²) in [6.07, 6.45) is 2.21. The quantitative estimate of drug-likeness (QED) is 0.639. The Bertz CT molecular complexity index is 268. The zero-order valence-electron chi connectivity index (χ0n) is 8.18. The molecule has 6 heteroatoms. The van der Waals surface area contributed by atoms with Crippen LogP contribution >= 0.6 is 0 Å². The molecular weight excluding hydrogens is 202 g/mol. The number of carboxylic acid groups (broad SMARTS) is 2. The molecule has 1 fully saturated rings. The average molecular weight is 215 g/mol. The molecule has 0 aromatic heterocycles. The van der Waals surface area contributed by atoms with Crippen molar-refractivity contribution in [3.05, 3.63) is 0 Å². The normalized spacial score (nSPS) is 14.7. The van der Waals surface area contributed by atoms with Gasteiger partial charge in [-0.25, -0.2) is 0 Å². The SMILES string of the molecule is O=C(O)CN(CC(=O)O)C(=O)CC1CC1. The molecule has 0 unspecified atom stereocenters. The predicted octanol–water partition coefficient (Wildman–Crippen LogP) is -0.216. The van der Waals surface area contributed by atoms with Gasteiger partial charge in [-0.2, -0.15) is 0 Å². The van der Waals surface area contributed by atoms with E-state index in [0.29, 0.717) is 5.92 Å². The van der Waals surface area contributed by atoms with E-state index in [1.165, 1.54) is 0 Å². The molecule has 6 nitrogen and oxygen atoms in total. The van der Waals surface area contributed by atoms with Gasteiger partial charge in [-0.1, -0.05) is 0 Å². The van der Waals surface area contributed by atoms with Crippen LogP contribution in [0.25, 0.3) is 0 Å². The molecular formula is C9H13NO5. The first-order valence-electron chi connectivity index (χ1n) is 4.70. The molecule has 1 aliphatic rings. The van der Waals surface area contributed by atoms with Crippen LogP contribution in [0.4, 0.5) is 0 Å². The molecule has 0 aromatic carbocycles. The minimum absolute atomic E-state index is 0.264. The van der Waals surface area contributed by atoms with Crippen LogP contribution in [0.1, 0.15) is 19.3 Å². The Morgan fingerprint density at radius 3 is 1.87 bits per heavy atom. The molecule has 0 aliphatic heterocycles. The van der Waals surface area contributed by atoms with Gasteiger partial charge in [0, 0.05) is 6.42 Å². The highest BCUT2D eigenvalue weighted by molar-refractivity contribution is 5.85. The number of hydrogen-bond donors (Lipinski definition) is 2. The van der Waals surface area contributed by atoms with Crippen LogP contribution in [-0.4, -0.2) is 46.0 Å². The Kier molecular flexibility index (Phi) is 3.65. The molecule has 0 heterocycles. The maximum atomic E-state index is 11.5. The number of aliphatic carboxylic acids is 2. The summed E-state index contributed by atoms with van der Waals surface area (Å²) in [6.45, 7) is -1.09. The lowest BCUT2D eigenvalue weighted by Gasteiger charge is -2.18. The number of nitrogens with zero attached hydrogens (tertiary/aromatic N) is 1. The first kappa shape index (κ1) is 11.5. The van der Waals surface area contributed by atoms with Crippen molar-refractivity contribution in [3.63, 3.8) is 0 Å². The van der Waals surface area contributed by atoms with Crippen molar-refractivity contribution < 1.29 is 24.6 Å². The highest BCUT2D eigenvalue weighted by Gasteiger charge is 2.28. The second kappa shape index (κ2) is 4.77. The van der Waals surface area contributed by atoms with Crippen molar-refractivity contribution in [2.45, 2.75) is 19.3 Å². The standard InChI is InChI=1S/C9H13NO5/c11-7(3-6-1-2-6)10(4-8(12)13)5-9(14)15/h6H,1-5H2,(H,12,13)(H,14,15). The number of carbonyl (C=O) groups is 3. The van der Waals surface area contributed by atoms with Crippen LogP contribution < -0.4 is 0 Å². The number of amides is 1. The van der Waals surface area contributed by atoms with E-state index in [1.807, 2.05) is 0 Å². The van der Waals surface area contributed by atoms with E-state index in [4.69, 9.17) is 10.2 Å². The van der Waals surface area contributed by atoms with E-state index >= 15 is 0 Å². The Morgan fingerprint density at radius 2 is 1.53 bits per heavy atom. The highest BCUT2D eigenvalue weighted by atomic mass is 16.4. The van der Waals surface area contributed by atoms with Crippen molar-refractivity contribution in [1.29, 1.82) is 0 Å². The van der Waals surface area contributed by atoms with Crippen LogP contribution in [0.5, 0.6) is 0 Å². The summed E-state index contributed by atoms with van der Waals surface area (Å²) in [5.74, 6) is -2.45. The van der Waals surface area contributed by atoms with Gasteiger partial charge in [-0.3, -0.25) is 14.4 Å². The van der Waals surface area contributed by atoms with Crippen LogP contribution in [0, 0.1) is 5.92 Å². The number of carboxylic acids is 2. The maximum absolute atomic E-state index is 11.5. The third kappa shape index (κ3) is 4.44. The molecule has 0 bridgehead atoms. The summed E-state index contributed by atoms with van der Waals surface area (Å²) in [7, 11) is 0. The largest absolute Gasteiger partial charge is 0.480 e. The molecule has 0 aromatic rings. The Morgan fingerprint density at radius 1 is 1.07 bits per heavy atom. The number of hydrogen-bond acceptors (Lipinski definition) is 3. The fourth-order valence-electron chi connectivity index (χ4n) is 1.26. The van der Waals surface area contributed by atoms with Crippen molar-refractivity contribution in [2.75, 3.05) is 13.1 Å². The van der Waals surface area contributed by atoms with Crippen molar-refractivity contribution in [1.82, 2.24) is 4.90 Å². The van der Waals surface area contributed by atoms with Gasteiger partial charge in [-0.05, 0) is 18.8 Å². The first-order chi connectivity index (χ1) is 6.99. The smallest absolute Gasteiger partial charge is 0.323 e. The molecule has 0 radical (unpaired) electrons.